The maximum absolute atomic E-state index is 12.5. The van der Waals surface area contributed by atoms with Crippen molar-refractivity contribution in [1.29, 1.82) is 0 Å². The maximum Gasteiger partial charge on any atom is 0.251 e. The zero-order chi connectivity index (χ0) is 17.4. The van der Waals surface area contributed by atoms with E-state index in [1.54, 1.807) is 36.0 Å². The van der Waals surface area contributed by atoms with Gasteiger partial charge in [-0.15, -0.1) is 0 Å². The van der Waals surface area contributed by atoms with Crippen LogP contribution in [0.1, 0.15) is 22.3 Å². The van der Waals surface area contributed by atoms with Crippen LogP contribution in [0.25, 0.3) is 0 Å². The van der Waals surface area contributed by atoms with Gasteiger partial charge in [-0.05, 0) is 49.6 Å². The number of carbonyl (C=O) groups is 2. The fourth-order valence-electron chi connectivity index (χ4n) is 2.20. The fourth-order valence-corrected chi connectivity index (χ4v) is 2.67. The summed E-state index contributed by atoms with van der Waals surface area (Å²) < 4.78 is 0. The molecule has 0 heterocycles. The van der Waals surface area contributed by atoms with E-state index >= 15 is 0 Å². The summed E-state index contributed by atoms with van der Waals surface area (Å²) in [4.78, 5) is 24.9. The average Bonchev–Trinajstić information content (AvgIpc) is 2.61. The van der Waals surface area contributed by atoms with Crippen LogP contribution in [0.15, 0.2) is 54.6 Å². The van der Waals surface area contributed by atoms with E-state index in [-0.39, 0.29) is 11.8 Å². The third-order valence-electron chi connectivity index (χ3n) is 3.59. The maximum atomic E-state index is 12.5. The second-order valence-electron chi connectivity index (χ2n) is 5.53. The van der Waals surface area contributed by atoms with Gasteiger partial charge in [0, 0.05) is 11.3 Å². The zero-order valence-corrected chi connectivity index (χ0v) is 14.7. The fraction of sp³-hybridized carbons (Fsp3) is 0.263. The number of carbonyl (C=O) groups excluding carboxylic acids is 2. The molecule has 0 radical (unpaired) electrons. The number of thioether (sulfide) groups is 1. The predicted octanol–water partition coefficient (Wildman–Crippen LogP) is 3.49. The first-order valence-electron chi connectivity index (χ1n) is 7.82. The van der Waals surface area contributed by atoms with E-state index in [2.05, 4.69) is 10.6 Å². The minimum absolute atomic E-state index is 0.197. The summed E-state index contributed by atoms with van der Waals surface area (Å²) in [6.07, 6.45) is 2.56. The molecule has 0 unspecified atom stereocenters. The molecular weight excluding hydrogens is 320 g/mol. The van der Waals surface area contributed by atoms with Crippen molar-refractivity contribution >= 4 is 29.3 Å². The summed E-state index contributed by atoms with van der Waals surface area (Å²) >= 11 is 1.65. The lowest BCUT2D eigenvalue weighted by Gasteiger charge is -2.18. The normalized spacial score (nSPS) is 11.6. The Morgan fingerprint density at radius 3 is 2.33 bits per heavy atom. The van der Waals surface area contributed by atoms with Crippen LogP contribution in [-0.2, 0) is 4.79 Å². The first-order chi connectivity index (χ1) is 11.6. The minimum atomic E-state index is -0.563. The summed E-state index contributed by atoms with van der Waals surface area (Å²) in [7, 11) is 0. The second kappa shape index (κ2) is 9.13. The average molecular weight is 342 g/mol. The molecular formula is C19H22N2O2S. The first-order valence-corrected chi connectivity index (χ1v) is 9.22. The van der Waals surface area contributed by atoms with Crippen molar-refractivity contribution in [2.24, 2.45) is 0 Å². The number of benzene rings is 2. The summed E-state index contributed by atoms with van der Waals surface area (Å²) in [5, 5.41) is 5.71. The van der Waals surface area contributed by atoms with Crippen molar-refractivity contribution in [3.8, 4) is 0 Å². The molecule has 0 aliphatic carbocycles. The summed E-state index contributed by atoms with van der Waals surface area (Å²) in [6, 6.07) is 16.0. The highest BCUT2D eigenvalue weighted by molar-refractivity contribution is 7.98. The Labute approximate surface area is 147 Å². The Morgan fingerprint density at radius 2 is 1.71 bits per heavy atom. The van der Waals surface area contributed by atoms with Gasteiger partial charge in [-0.3, -0.25) is 9.59 Å². The molecule has 0 aliphatic heterocycles. The van der Waals surface area contributed by atoms with Gasteiger partial charge in [-0.1, -0.05) is 35.9 Å². The van der Waals surface area contributed by atoms with Gasteiger partial charge in [0.25, 0.3) is 5.91 Å². The molecule has 0 aliphatic rings. The van der Waals surface area contributed by atoms with Crippen LogP contribution in [0.2, 0.25) is 0 Å². The van der Waals surface area contributed by atoms with E-state index in [0.29, 0.717) is 12.0 Å². The molecule has 24 heavy (non-hydrogen) atoms. The first kappa shape index (κ1) is 18.1. The molecule has 2 aromatic carbocycles. The van der Waals surface area contributed by atoms with Gasteiger partial charge in [0.1, 0.15) is 6.04 Å². The smallest absolute Gasteiger partial charge is 0.251 e. The van der Waals surface area contributed by atoms with Gasteiger partial charge in [0.15, 0.2) is 0 Å². The number of anilines is 1. The Kier molecular flexibility index (Phi) is 6.88. The number of nitrogens with one attached hydrogen (secondary N) is 2. The Hall–Kier alpha value is -2.27. The molecule has 5 heteroatoms. The molecule has 4 nitrogen and oxygen atoms in total. The van der Waals surface area contributed by atoms with Crippen LogP contribution in [0, 0.1) is 6.92 Å². The summed E-state index contributed by atoms with van der Waals surface area (Å²) in [5.41, 5.74) is 2.41. The van der Waals surface area contributed by atoms with E-state index in [4.69, 9.17) is 0 Å². The topological polar surface area (TPSA) is 58.2 Å². The highest BCUT2D eigenvalue weighted by Crippen LogP contribution is 2.11. The Morgan fingerprint density at radius 1 is 1.04 bits per heavy atom. The van der Waals surface area contributed by atoms with Crippen LogP contribution < -0.4 is 10.6 Å². The van der Waals surface area contributed by atoms with Gasteiger partial charge in [-0.25, -0.2) is 0 Å². The Bertz CT molecular complexity index is 672. The number of hydrogen-bond donors (Lipinski definition) is 2. The monoisotopic (exact) mass is 342 g/mol. The highest BCUT2D eigenvalue weighted by atomic mass is 32.2. The van der Waals surface area contributed by atoms with Gasteiger partial charge in [0.2, 0.25) is 5.91 Å². The van der Waals surface area contributed by atoms with E-state index in [0.717, 1.165) is 17.0 Å². The molecule has 2 rings (SSSR count). The van der Waals surface area contributed by atoms with Crippen LogP contribution in [-0.4, -0.2) is 29.9 Å². The van der Waals surface area contributed by atoms with E-state index in [9.17, 15) is 9.59 Å². The van der Waals surface area contributed by atoms with Gasteiger partial charge >= 0.3 is 0 Å². The summed E-state index contributed by atoms with van der Waals surface area (Å²) in [6.45, 7) is 1.99. The molecule has 0 saturated carbocycles. The van der Waals surface area contributed by atoms with Crippen LogP contribution >= 0.6 is 11.8 Å². The quantitative estimate of drug-likeness (QED) is 0.810. The molecule has 0 spiro atoms. The van der Waals surface area contributed by atoms with Crippen molar-refractivity contribution in [1.82, 2.24) is 5.32 Å². The zero-order valence-electron chi connectivity index (χ0n) is 13.9. The lowest BCUT2D eigenvalue weighted by molar-refractivity contribution is -0.118. The van der Waals surface area contributed by atoms with Crippen LogP contribution in [0.5, 0.6) is 0 Å². The van der Waals surface area contributed by atoms with Crippen molar-refractivity contribution < 1.29 is 9.59 Å². The molecule has 1 atom stereocenters. The van der Waals surface area contributed by atoms with Crippen LogP contribution in [0.3, 0.4) is 0 Å². The van der Waals surface area contributed by atoms with Crippen LogP contribution in [0.4, 0.5) is 5.69 Å². The SMILES string of the molecule is CSCC[C@@H](NC(=O)c1ccccc1)C(=O)Nc1ccc(C)cc1. The molecule has 2 aromatic rings. The van der Waals surface area contributed by atoms with Gasteiger partial charge < -0.3 is 10.6 Å². The van der Waals surface area contributed by atoms with E-state index in [1.165, 1.54) is 0 Å². The number of aryl methyl sites for hydroxylation is 1. The molecule has 2 amide bonds. The summed E-state index contributed by atoms with van der Waals surface area (Å²) in [5.74, 6) is 0.360. The molecule has 126 valence electrons. The standard InChI is InChI=1S/C19H22N2O2S/c1-14-8-10-16(11-9-14)20-19(23)17(12-13-24-2)21-18(22)15-6-4-3-5-7-15/h3-11,17H,12-13H2,1-2H3,(H,20,23)(H,21,22)/t17-/m1/s1. The van der Waals surface area contributed by atoms with Gasteiger partial charge in [-0.2, -0.15) is 11.8 Å². The second-order valence-corrected chi connectivity index (χ2v) is 6.51. The Balaban J connectivity index is 2.04. The number of amides is 2. The minimum Gasteiger partial charge on any atom is -0.340 e. The molecule has 0 saturated heterocycles. The van der Waals surface area contributed by atoms with Crippen molar-refractivity contribution in [3.05, 3.63) is 65.7 Å². The lowest BCUT2D eigenvalue weighted by Crippen LogP contribution is -2.44. The van der Waals surface area contributed by atoms with Gasteiger partial charge in [0.05, 0.1) is 0 Å². The highest BCUT2D eigenvalue weighted by Gasteiger charge is 2.21. The third-order valence-corrected chi connectivity index (χ3v) is 4.23. The van der Waals surface area contributed by atoms with E-state index in [1.807, 2.05) is 43.5 Å². The number of hydrogen-bond acceptors (Lipinski definition) is 3. The van der Waals surface area contributed by atoms with Crippen molar-refractivity contribution in [3.63, 3.8) is 0 Å². The van der Waals surface area contributed by atoms with Crippen molar-refractivity contribution in [2.45, 2.75) is 19.4 Å². The molecule has 0 aromatic heterocycles. The van der Waals surface area contributed by atoms with E-state index < -0.39 is 6.04 Å². The number of rotatable bonds is 7. The lowest BCUT2D eigenvalue weighted by atomic mass is 10.1. The molecule has 2 N–H and O–H groups in total. The van der Waals surface area contributed by atoms with Crippen molar-refractivity contribution in [2.75, 3.05) is 17.3 Å². The predicted molar refractivity (Wildman–Crippen MR) is 101 cm³/mol. The molecule has 0 bridgehead atoms. The molecule has 0 fully saturated rings. The third kappa shape index (κ3) is 5.42. The largest absolute Gasteiger partial charge is 0.340 e.